The number of methoxy groups -OCH3 is 1. The number of para-hydroxylation sites is 1. The first-order valence-electron chi connectivity index (χ1n) is 12.5. The van der Waals surface area contributed by atoms with Crippen LogP contribution >= 0.6 is 0 Å². The van der Waals surface area contributed by atoms with Crippen molar-refractivity contribution in [2.24, 2.45) is 0 Å². The first kappa shape index (κ1) is 24.0. The second-order valence-corrected chi connectivity index (χ2v) is 9.27. The summed E-state index contributed by atoms with van der Waals surface area (Å²) in [5.41, 5.74) is 6.06. The fraction of sp³-hybridized carbons (Fsp3) is 0.250. The van der Waals surface area contributed by atoms with Crippen LogP contribution in [0.5, 0.6) is 17.2 Å². The van der Waals surface area contributed by atoms with Crippen LogP contribution in [0.4, 0.5) is 0 Å². The van der Waals surface area contributed by atoms with Gasteiger partial charge in [-0.2, -0.15) is 0 Å². The van der Waals surface area contributed by atoms with Gasteiger partial charge in [-0.25, -0.2) is 0 Å². The Morgan fingerprint density at radius 1 is 0.722 bits per heavy atom. The van der Waals surface area contributed by atoms with Gasteiger partial charge < -0.3 is 14.2 Å². The molecule has 36 heavy (non-hydrogen) atoms. The van der Waals surface area contributed by atoms with E-state index in [0.29, 0.717) is 13.2 Å². The summed E-state index contributed by atoms with van der Waals surface area (Å²) in [6.45, 7) is 2.04. The average molecular weight is 480 g/mol. The summed E-state index contributed by atoms with van der Waals surface area (Å²) in [6, 6.07) is 33.5. The lowest BCUT2D eigenvalue weighted by molar-refractivity contribution is 0.218. The SMILES string of the molecule is COc1ccc2c(c1OCc1ccccc1)CCN(C)C2Cc1ccccc1OCc1ccccc1. The number of ether oxygens (including phenoxy) is 3. The van der Waals surface area contributed by atoms with Gasteiger partial charge in [-0.3, -0.25) is 4.90 Å². The Balaban J connectivity index is 1.40. The van der Waals surface area contributed by atoms with Gasteiger partial charge in [-0.15, -0.1) is 0 Å². The lowest BCUT2D eigenvalue weighted by Gasteiger charge is -2.36. The van der Waals surface area contributed by atoms with Gasteiger partial charge in [0.25, 0.3) is 0 Å². The molecule has 0 spiro atoms. The van der Waals surface area contributed by atoms with Crippen LogP contribution in [0.1, 0.15) is 33.9 Å². The summed E-state index contributed by atoms with van der Waals surface area (Å²) < 4.78 is 18.4. The lowest BCUT2D eigenvalue weighted by Crippen LogP contribution is -2.33. The second-order valence-electron chi connectivity index (χ2n) is 9.27. The average Bonchev–Trinajstić information content (AvgIpc) is 2.93. The molecule has 1 atom stereocenters. The molecular weight excluding hydrogens is 446 g/mol. The standard InChI is InChI=1S/C32H33NO3/c1-33-20-19-28-27(17-18-31(34-2)32(28)36-23-25-13-7-4-8-14-25)29(33)21-26-15-9-10-16-30(26)35-22-24-11-5-3-6-12-24/h3-18,29H,19-23H2,1-2H3. The summed E-state index contributed by atoms with van der Waals surface area (Å²) in [5, 5.41) is 0. The molecule has 4 aromatic rings. The molecule has 5 rings (SSSR count). The van der Waals surface area contributed by atoms with Crippen molar-refractivity contribution in [2.45, 2.75) is 32.1 Å². The number of hydrogen-bond donors (Lipinski definition) is 0. The third-order valence-corrected chi connectivity index (χ3v) is 6.94. The zero-order valence-corrected chi connectivity index (χ0v) is 21.0. The number of likely N-dealkylation sites (N-methyl/N-ethyl adjacent to an activating group) is 1. The van der Waals surface area contributed by atoms with E-state index in [1.165, 1.54) is 22.3 Å². The Labute approximate surface area is 214 Å². The van der Waals surface area contributed by atoms with Gasteiger partial charge in [0.15, 0.2) is 11.5 Å². The van der Waals surface area contributed by atoms with Crippen molar-refractivity contribution in [1.29, 1.82) is 0 Å². The Morgan fingerprint density at radius 2 is 1.36 bits per heavy atom. The van der Waals surface area contributed by atoms with Gasteiger partial charge >= 0.3 is 0 Å². The molecule has 4 aromatic carbocycles. The van der Waals surface area contributed by atoms with E-state index in [9.17, 15) is 0 Å². The molecular formula is C32H33NO3. The highest BCUT2D eigenvalue weighted by Gasteiger charge is 2.29. The molecule has 0 N–H and O–H groups in total. The maximum atomic E-state index is 6.39. The molecule has 0 saturated heterocycles. The Morgan fingerprint density at radius 3 is 2.06 bits per heavy atom. The molecule has 0 bridgehead atoms. The summed E-state index contributed by atoms with van der Waals surface area (Å²) in [4.78, 5) is 2.43. The largest absolute Gasteiger partial charge is 0.493 e. The van der Waals surface area contributed by atoms with Crippen LogP contribution in [0.3, 0.4) is 0 Å². The molecule has 184 valence electrons. The second kappa shape index (κ2) is 11.3. The molecule has 0 aliphatic carbocycles. The van der Waals surface area contributed by atoms with Crippen molar-refractivity contribution >= 4 is 0 Å². The molecule has 1 heterocycles. The van der Waals surface area contributed by atoms with Crippen LogP contribution in [0.25, 0.3) is 0 Å². The van der Waals surface area contributed by atoms with Crippen LogP contribution < -0.4 is 14.2 Å². The minimum absolute atomic E-state index is 0.222. The van der Waals surface area contributed by atoms with Crippen molar-refractivity contribution in [1.82, 2.24) is 4.90 Å². The van der Waals surface area contributed by atoms with E-state index in [2.05, 4.69) is 60.5 Å². The number of hydrogen-bond acceptors (Lipinski definition) is 4. The lowest BCUT2D eigenvalue weighted by atomic mass is 9.88. The van der Waals surface area contributed by atoms with Crippen LogP contribution in [0, 0.1) is 0 Å². The molecule has 0 radical (unpaired) electrons. The fourth-order valence-corrected chi connectivity index (χ4v) is 4.94. The maximum Gasteiger partial charge on any atom is 0.165 e. The van der Waals surface area contributed by atoms with Crippen molar-refractivity contribution in [3.8, 4) is 17.2 Å². The summed E-state index contributed by atoms with van der Waals surface area (Å²) in [7, 11) is 3.92. The van der Waals surface area contributed by atoms with Crippen molar-refractivity contribution < 1.29 is 14.2 Å². The predicted octanol–water partition coefficient (Wildman–Crippen LogP) is 6.62. The Kier molecular flexibility index (Phi) is 7.53. The zero-order chi connectivity index (χ0) is 24.7. The van der Waals surface area contributed by atoms with Gasteiger partial charge in [0, 0.05) is 18.2 Å². The van der Waals surface area contributed by atoms with E-state index >= 15 is 0 Å². The van der Waals surface area contributed by atoms with Crippen molar-refractivity contribution in [3.63, 3.8) is 0 Å². The van der Waals surface area contributed by atoms with E-state index < -0.39 is 0 Å². The van der Waals surface area contributed by atoms with Gasteiger partial charge in [0.1, 0.15) is 19.0 Å². The van der Waals surface area contributed by atoms with Gasteiger partial charge in [-0.1, -0.05) is 84.9 Å². The van der Waals surface area contributed by atoms with E-state index in [1.54, 1.807) is 7.11 Å². The van der Waals surface area contributed by atoms with Gasteiger partial charge in [-0.05, 0) is 54.3 Å². The third-order valence-electron chi connectivity index (χ3n) is 6.94. The number of fused-ring (bicyclic) bond motifs is 1. The summed E-state index contributed by atoms with van der Waals surface area (Å²) in [5.74, 6) is 2.60. The normalized spacial score (nSPS) is 15.2. The summed E-state index contributed by atoms with van der Waals surface area (Å²) in [6.07, 6.45) is 1.79. The smallest absolute Gasteiger partial charge is 0.165 e. The van der Waals surface area contributed by atoms with Crippen LogP contribution in [-0.2, 0) is 26.1 Å². The third kappa shape index (κ3) is 5.39. The fourth-order valence-electron chi connectivity index (χ4n) is 4.94. The topological polar surface area (TPSA) is 30.9 Å². The van der Waals surface area contributed by atoms with Crippen molar-refractivity contribution in [3.05, 3.63) is 125 Å². The van der Waals surface area contributed by atoms with Gasteiger partial charge in [0.2, 0.25) is 0 Å². The number of rotatable bonds is 9. The molecule has 1 unspecified atom stereocenters. The molecule has 4 heteroatoms. The quantitative estimate of drug-likeness (QED) is 0.270. The minimum Gasteiger partial charge on any atom is -0.493 e. The van der Waals surface area contributed by atoms with E-state index in [0.717, 1.165) is 42.2 Å². The molecule has 1 aliphatic heterocycles. The summed E-state index contributed by atoms with van der Waals surface area (Å²) >= 11 is 0. The first-order chi connectivity index (χ1) is 17.7. The molecule has 0 fully saturated rings. The van der Waals surface area contributed by atoms with Crippen LogP contribution in [0.15, 0.2) is 97.1 Å². The van der Waals surface area contributed by atoms with Crippen LogP contribution in [0.2, 0.25) is 0 Å². The Hall–Kier alpha value is -3.76. The van der Waals surface area contributed by atoms with E-state index in [1.807, 2.05) is 48.5 Å². The highest BCUT2D eigenvalue weighted by molar-refractivity contribution is 5.53. The molecule has 1 aliphatic rings. The zero-order valence-electron chi connectivity index (χ0n) is 21.0. The predicted molar refractivity (Wildman–Crippen MR) is 144 cm³/mol. The maximum absolute atomic E-state index is 6.39. The number of benzene rings is 4. The minimum atomic E-state index is 0.222. The van der Waals surface area contributed by atoms with E-state index in [-0.39, 0.29) is 6.04 Å². The monoisotopic (exact) mass is 479 g/mol. The molecule has 0 aromatic heterocycles. The first-order valence-corrected chi connectivity index (χ1v) is 12.5. The number of nitrogens with zero attached hydrogens (tertiary/aromatic N) is 1. The Bertz CT molecular complexity index is 1270. The highest BCUT2D eigenvalue weighted by atomic mass is 16.5. The van der Waals surface area contributed by atoms with Crippen molar-refractivity contribution in [2.75, 3.05) is 20.7 Å². The van der Waals surface area contributed by atoms with Crippen LogP contribution in [-0.4, -0.2) is 25.6 Å². The molecule has 0 amide bonds. The van der Waals surface area contributed by atoms with Gasteiger partial charge in [0.05, 0.1) is 7.11 Å². The highest BCUT2D eigenvalue weighted by Crippen LogP contribution is 2.42. The molecule has 0 saturated carbocycles. The molecule has 4 nitrogen and oxygen atoms in total. The van der Waals surface area contributed by atoms with E-state index in [4.69, 9.17) is 14.2 Å².